The Morgan fingerprint density at radius 2 is 1.89 bits per heavy atom. The van der Waals surface area contributed by atoms with Crippen LogP contribution in [0.2, 0.25) is 0 Å². The second-order valence-corrected chi connectivity index (χ2v) is 6.46. The number of ether oxygens (including phenoxy) is 2. The van der Waals surface area contributed by atoms with Gasteiger partial charge in [0, 0.05) is 13.4 Å². The van der Waals surface area contributed by atoms with Crippen molar-refractivity contribution in [2.75, 3.05) is 26.6 Å². The first-order chi connectivity index (χ1) is 8.36. The normalized spacial score (nSPS) is 11.8. The second kappa shape index (κ2) is 6.20. The molecule has 1 aromatic rings. The maximum Gasteiger partial charge on any atom is 0.179 e. The van der Waals surface area contributed by atoms with Gasteiger partial charge in [0.2, 0.25) is 0 Å². The van der Waals surface area contributed by atoms with Gasteiger partial charge in [0.25, 0.3) is 0 Å². The lowest BCUT2D eigenvalue weighted by Gasteiger charge is -2.13. The standard InChI is InChI=1S/C13H20O4S/c1-10(2)11-5-6-12(17-8-7-16-3)13(9-11)18(4,14)15/h5-6,9-10H,7-8H2,1-4H3. The van der Waals surface area contributed by atoms with Crippen molar-refractivity contribution in [1.29, 1.82) is 0 Å². The van der Waals surface area contributed by atoms with Gasteiger partial charge in [-0.25, -0.2) is 8.42 Å². The predicted molar refractivity (Wildman–Crippen MR) is 71.0 cm³/mol. The molecule has 5 heteroatoms. The zero-order valence-corrected chi connectivity index (χ0v) is 12.1. The van der Waals surface area contributed by atoms with Gasteiger partial charge in [-0.05, 0) is 23.6 Å². The lowest BCUT2D eigenvalue weighted by atomic mass is 10.0. The molecule has 102 valence electrons. The average Bonchev–Trinajstić information content (AvgIpc) is 2.28. The Morgan fingerprint density at radius 3 is 2.39 bits per heavy atom. The summed E-state index contributed by atoms with van der Waals surface area (Å²) in [6.45, 7) is 4.80. The average molecular weight is 272 g/mol. The molecule has 1 rings (SSSR count). The monoisotopic (exact) mass is 272 g/mol. The molecule has 18 heavy (non-hydrogen) atoms. The highest BCUT2D eigenvalue weighted by molar-refractivity contribution is 7.90. The summed E-state index contributed by atoms with van der Waals surface area (Å²) < 4.78 is 33.8. The molecule has 0 unspecified atom stereocenters. The molecule has 0 atom stereocenters. The molecule has 0 aliphatic carbocycles. The molecule has 0 bridgehead atoms. The molecule has 0 fully saturated rings. The lowest BCUT2D eigenvalue weighted by molar-refractivity contribution is 0.144. The molecule has 4 nitrogen and oxygen atoms in total. The number of benzene rings is 1. The first-order valence-electron chi connectivity index (χ1n) is 5.82. The number of hydrogen-bond acceptors (Lipinski definition) is 4. The molecule has 0 spiro atoms. The molecule has 0 aliphatic rings. The van der Waals surface area contributed by atoms with Gasteiger partial charge >= 0.3 is 0 Å². The van der Waals surface area contributed by atoms with Crippen LogP contribution in [-0.2, 0) is 14.6 Å². The zero-order valence-electron chi connectivity index (χ0n) is 11.3. The van der Waals surface area contributed by atoms with Crippen LogP contribution in [0.15, 0.2) is 23.1 Å². The van der Waals surface area contributed by atoms with Crippen LogP contribution in [0.4, 0.5) is 0 Å². The van der Waals surface area contributed by atoms with Crippen LogP contribution < -0.4 is 4.74 Å². The van der Waals surface area contributed by atoms with E-state index in [4.69, 9.17) is 9.47 Å². The zero-order chi connectivity index (χ0) is 13.8. The fourth-order valence-electron chi connectivity index (χ4n) is 1.53. The van der Waals surface area contributed by atoms with E-state index in [2.05, 4.69) is 0 Å². The highest BCUT2D eigenvalue weighted by atomic mass is 32.2. The largest absolute Gasteiger partial charge is 0.490 e. The van der Waals surface area contributed by atoms with Crippen LogP contribution >= 0.6 is 0 Å². The van der Waals surface area contributed by atoms with Crippen molar-refractivity contribution < 1.29 is 17.9 Å². The van der Waals surface area contributed by atoms with Crippen LogP contribution in [0, 0.1) is 0 Å². The summed E-state index contributed by atoms with van der Waals surface area (Å²) in [5.74, 6) is 0.664. The Labute approximate surface area is 109 Å². The van der Waals surface area contributed by atoms with Crippen LogP contribution in [0.5, 0.6) is 5.75 Å². The molecule has 0 aliphatic heterocycles. The number of rotatable bonds is 6. The molecule has 0 amide bonds. The van der Waals surface area contributed by atoms with Crippen LogP contribution in [0.3, 0.4) is 0 Å². The maximum absolute atomic E-state index is 11.7. The third-order valence-electron chi connectivity index (χ3n) is 2.58. The highest BCUT2D eigenvalue weighted by Gasteiger charge is 2.16. The Morgan fingerprint density at radius 1 is 1.22 bits per heavy atom. The summed E-state index contributed by atoms with van der Waals surface area (Å²) >= 11 is 0. The minimum absolute atomic E-state index is 0.241. The number of hydrogen-bond donors (Lipinski definition) is 0. The van der Waals surface area contributed by atoms with E-state index in [0.717, 1.165) is 5.56 Å². The summed E-state index contributed by atoms with van der Waals surface area (Å²) in [6, 6.07) is 5.28. The summed E-state index contributed by atoms with van der Waals surface area (Å²) in [7, 11) is -1.72. The molecule has 0 aromatic heterocycles. The van der Waals surface area contributed by atoms with E-state index in [1.807, 2.05) is 19.9 Å². The van der Waals surface area contributed by atoms with Crippen molar-refractivity contribution in [2.45, 2.75) is 24.7 Å². The summed E-state index contributed by atoms with van der Waals surface area (Å²) in [5, 5.41) is 0. The molecule has 0 heterocycles. The number of methoxy groups -OCH3 is 1. The molecular weight excluding hydrogens is 252 g/mol. The highest BCUT2D eigenvalue weighted by Crippen LogP contribution is 2.28. The Hall–Kier alpha value is -1.07. The van der Waals surface area contributed by atoms with E-state index in [1.165, 1.54) is 6.26 Å². The van der Waals surface area contributed by atoms with Gasteiger partial charge in [0.1, 0.15) is 17.3 Å². The molecule has 0 N–H and O–H groups in total. The van der Waals surface area contributed by atoms with Gasteiger partial charge in [0.15, 0.2) is 9.84 Å². The SMILES string of the molecule is COCCOc1ccc(C(C)C)cc1S(C)(=O)=O. The predicted octanol–water partition coefficient (Wildman–Crippen LogP) is 2.24. The Bertz CT molecular complexity index is 492. The third-order valence-corrected chi connectivity index (χ3v) is 3.70. The van der Waals surface area contributed by atoms with Crippen molar-refractivity contribution in [3.63, 3.8) is 0 Å². The van der Waals surface area contributed by atoms with Gasteiger partial charge in [-0.2, -0.15) is 0 Å². The first-order valence-corrected chi connectivity index (χ1v) is 7.71. The topological polar surface area (TPSA) is 52.6 Å². The van der Waals surface area contributed by atoms with Crippen molar-refractivity contribution in [3.05, 3.63) is 23.8 Å². The van der Waals surface area contributed by atoms with Crippen LogP contribution in [0.25, 0.3) is 0 Å². The van der Waals surface area contributed by atoms with Crippen molar-refractivity contribution in [2.24, 2.45) is 0 Å². The van der Waals surface area contributed by atoms with Gasteiger partial charge in [0.05, 0.1) is 6.61 Å². The molecule has 1 aromatic carbocycles. The third kappa shape index (κ3) is 3.99. The Balaban J connectivity index is 3.10. The minimum Gasteiger partial charge on any atom is -0.490 e. The van der Waals surface area contributed by atoms with E-state index >= 15 is 0 Å². The fraction of sp³-hybridized carbons (Fsp3) is 0.538. The van der Waals surface area contributed by atoms with E-state index < -0.39 is 9.84 Å². The second-order valence-electron chi connectivity index (χ2n) is 4.47. The molecule has 0 saturated carbocycles. The van der Waals surface area contributed by atoms with Gasteiger partial charge in [-0.15, -0.1) is 0 Å². The fourth-order valence-corrected chi connectivity index (χ4v) is 2.37. The smallest absolute Gasteiger partial charge is 0.179 e. The molecule has 0 saturated heterocycles. The van der Waals surface area contributed by atoms with Gasteiger partial charge < -0.3 is 9.47 Å². The molecular formula is C13H20O4S. The van der Waals surface area contributed by atoms with E-state index in [-0.39, 0.29) is 10.8 Å². The van der Waals surface area contributed by atoms with E-state index in [0.29, 0.717) is 19.0 Å². The van der Waals surface area contributed by atoms with Crippen LogP contribution in [0.1, 0.15) is 25.3 Å². The van der Waals surface area contributed by atoms with Crippen molar-refractivity contribution in [1.82, 2.24) is 0 Å². The quantitative estimate of drug-likeness (QED) is 0.745. The maximum atomic E-state index is 11.7. The summed E-state index contributed by atoms with van der Waals surface area (Å²) in [5.41, 5.74) is 0.981. The molecule has 0 radical (unpaired) electrons. The summed E-state index contributed by atoms with van der Waals surface area (Å²) in [4.78, 5) is 0.241. The van der Waals surface area contributed by atoms with E-state index in [1.54, 1.807) is 19.2 Å². The minimum atomic E-state index is -3.29. The Kier molecular flexibility index (Phi) is 5.16. The number of sulfone groups is 1. The lowest BCUT2D eigenvalue weighted by Crippen LogP contribution is -2.08. The summed E-state index contributed by atoms with van der Waals surface area (Å²) in [6.07, 6.45) is 1.19. The van der Waals surface area contributed by atoms with Crippen LogP contribution in [-0.4, -0.2) is 35.0 Å². The van der Waals surface area contributed by atoms with Crippen molar-refractivity contribution >= 4 is 9.84 Å². The first kappa shape index (κ1) is 15.0. The van der Waals surface area contributed by atoms with Gasteiger partial charge in [-0.1, -0.05) is 19.9 Å². The van der Waals surface area contributed by atoms with Crippen molar-refractivity contribution in [3.8, 4) is 5.75 Å². The van der Waals surface area contributed by atoms with Gasteiger partial charge in [-0.3, -0.25) is 0 Å². The van der Waals surface area contributed by atoms with E-state index in [9.17, 15) is 8.42 Å².